The maximum atomic E-state index is 11.2. The third-order valence-corrected chi connectivity index (χ3v) is 2.84. The van der Waals surface area contributed by atoms with E-state index >= 15 is 0 Å². The normalized spacial score (nSPS) is 21.1. The summed E-state index contributed by atoms with van der Waals surface area (Å²) in [6, 6.07) is 0. The topological polar surface area (TPSA) is 127 Å². The van der Waals surface area contributed by atoms with E-state index in [1.165, 1.54) is 0 Å². The quantitative estimate of drug-likeness (QED) is 0.365. The van der Waals surface area contributed by atoms with Crippen LogP contribution in [0, 0.1) is 0 Å². The Morgan fingerprint density at radius 2 is 2.06 bits per heavy atom. The third kappa shape index (κ3) is 2.28. The lowest BCUT2D eigenvalue weighted by atomic mass is 10.4. The van der Waals surface area contributed by atoms with Crippen LogP contribution in [0.15, 0.2) is 0 Å². The van der Waals surface area contributed by atoms with Crippen LogP contribution in [0.2, 0.25) is 0 Å². The second kappa shape index (κ2) is 4.06. The van der Waals surface area contributed by atoms with Crippen LogP contribution < -0.4 is 0 Å². The highest BCUT2D eigenvalue weighted by atomic mass is 32.2. The lowest BCUT2D eigenvalue weighted by Gasteiger charge is -2.11. The summed E-state index contributed by atoms with van der Waals surface area (Å²) in [4.78, 5) is 37.1. The van der Waals surface area contributed by atoms with Gasteiger partial charge in [0.25, 0.3) is 21.9 Å². The van der Waals surface area contributed by atoms with E-state index in [-0.39, 0.29) is 5.06 Å². The molecule has 10 heteroatoms. The molecule has 0 spiro atoms. The zero-order chi connectivity index (χ0) is 12.5. The maximum absolute atomic E-state index is 11.2. The van der Waals surface area contributed by atoms with Gasteiger partial charge in [0, 0.05) is 0 Å². The largest absolute Gasteiger partial charge is 0.533 e. The number of hydrogen-bond donors (Lipinski definition) is 1. The van der Waals surface area contributed by atoms with Gasteiger partial charge in [-0.3, -0.25) is 19.0 Å². The molecule has 1 aliphatic heterocycles. The summed E-state index contributed by atoms with van der Waals surface area (Å²) in [6.07, 6.45) is -2.13. The van der Waals surface area contributed by atoms with Gasteiger partial charge in [-0.25, -0.2) is 4.79 Å². The molecule has 1 heterocycles. The molecule has 1 N–H and O–H groups in total. The second-order valence-electron chi connectivity index (χ2n) is 2.78. The fourth-order valence-corrected chi connectivity index (χ4v) is 1.73. The highest BCUT2D eigenvalue weighted by Gasteiger charge is 2.48. The minimum atomic E-state index is -4.70. The predicted molar refractivity (Wildman–Crippen MR) is 45.3 cm³/mol. The minimum absolute atomic E-state index is 0.0513. The van der Waals surface area contributed by atoms with E-state index in [1.54, 1.807) is 0 Å². The average molecular weight is 253 g/mol. The Bertz CT molecular complexity index is 439. The van der Waals surface area contributed by atoms with E-state index < -0.39 is 39.8 Å². The van der Waals surface area contributed by atoms with E-state index in [9.17, 15) is 22.8 Å². The highest BCUT2D eigenvalue weighted by molar-refractivity contribution is 7.87. The molecule has 1 saturated heterocycles. The van der Waals surface area contributed by atoms with Crippen molar-refractivity contribution in [2.45, 2.75) is 11.7 Å². The molecule has 0 bridgehead atoms. The van der Waals surface area contributed by atoms with Crippen molar-refractivity contribution in [1.29, 1.82) is 0 Å². The summed E-state index contributed by atoms with van der Waals surface area (Å²) < 4.78 is 34.0. The summed E-state index contributed by atoms with van der Waals surface area (Å²) in [7, 11) is -3.77. The molecule has 0 aromatic heterocycles. The van der Waals surface area contributed by atoms with Crippen LogP contribution in [-0.2, 0) is 29.3 Å². The van der Waals surface area contributed by atoms with Gasteiger partial charge in [0.15, 0.2) is 5.25 Å². The van der Waals surface area contributed by atoms with E-state index in [1.807, 2.05) is 0 Å². The van der Waals surface area contributed by atoms with Crippen molar-refractivity contribution in [2.75, 3.05) is 7.11 Å². The Kier molecular flexibility index (Phi) is 3.14. The first kappa shape index (κ1) is 12.4. The van der Waals surface area contributed by atoms with Crippen LogP contribution in [0.25, 0.3) is 0 Å². The minimum Gasteiger partial charge on any atom is -0.436 e. The Morgan fingerprint density at radius 3 is 2.44 bits per heavy atom. The van der Waals surface area contributed by atoms with Crippen LogP contribution in [0.1, 0.15) is 6.42 Å². The monoisotopic (exact) mass is 253 g/mol. The van der Waals surface area contributed by atoms with Crippen LogP contribution in [0.4, 0.5) is 4.79 Å². The van der Waals surface area contributed by atoms with Crippen molar-refractivity contribution in [2.24, 2.45) is 0 Å². The molecule has 1 rings (SSSR count). The smallest absolute Gasteiger partial charge is 0.436 e. The van der Waals surface area contributed by atoms with Gasteiger partial charge in [0.2, 0.25) is 0 Å². The van der Waals surface area contributed by atoms with Crippen molar-refractivity contribution in [1.82, 2.24) is 5.06 Å². The van der Waals surface area contributed by atoms with E-state index in [2.05, 4.69) is 9.57 Å². The number of hydroxylamine groups is 2. The molecule has 1 aliphatic rings. The molecule has 0 saturated carbocycles. The first-order valence-electron chi connectivity index (χ1n) is 3.86. The lowest BCUT2D eigenvalue weighted by Crippen LogP contribution is -2.36. The van der Waals surface area contributed by atoms with Crippen LogP contribution in [0.3, 0.4) is 0 Å². The average Bonchev–Trinajstić information content (AvgIpc) is 2.44. The number of carbonyl (C=O) groups excluding carboxylic acids is 3. The lowest BCUT2D eigenvalue weighted by molar-refractivity contribution is -0.176. The molecule has 9 nitrogen and oxygen atoms in total. The molecule has 16 heavy (non-hydrogen) atoms. The SMILES string of the molecule is COC(=O)ON1C(=O)CC(S(=O)(=O)O)C1=O. The number of imide groups is 1. The van der Waals surface area contributed by atoms with Gasteiger partial charge < -0.3 is 4.74 Å². The predicted octanol–water partition coefficient (Wildman–Crippen LogP) is -1.30. The summed E-state index contributed by atoms with van der Waals surface area (Å²) in [5.41, 5.74) is 0. The molecule has 1 atom stereocenters. The first-order chi connectivity index (χ1) is 7.27. The molecule has 0 aromatic rings. The van der Waals surface area contributed by atoms with Gasteiger partial charge in [-0.15, -0.1) is 0 Å². The van der Waals surface area contributed by atoms with Gasteiger partial charge in [-0.05, 0) is 0 Å². The molecule has 0 aromatic carbocycles. The summed E-state index contributed by atoms with van der Waals surface area (Å²) in [6.45, 7) is 0. The second-order valence-corrected chi connectivity index (χ2v) is 4.38. The molecule has 0 radical (unpaired) electrons. The molecular formula is C6H7NO8S. The van der Waals surface area contributed by atoms with E-state index in [0.717, 1.165) is 7.11 Å². The third-order valence-electron chi connectivity index (χ3n) is 1.75. The van der Waals surface area contributed by atoms with Crippen LogP contribution >= 0.6 is 0 Å². The van der Waals surface area contributed by atoms with Crippen molar-refractivity contribution in [3.05, 3.63) is 0 Å². The standard InChI is InChI=1S/C6H7NO8S/c1-14-6(10)15-7-4(8)2-3(5(7)9)16(11,12)13/h3H,2H2,1H3,(H,11,12,13). The van der Waals surface area contributed by atoms with Gasteiger partial charge in [0.1, 0.15) is 0 Å². The Labute approximate surface area is 89.6 Å². The fraction of sp³-hybridized carbons (Fsp3) is 0.500. The van der Waals surface area contributed by atoms with E-state index in [0.29, 0.717) is 0 Å². The van der Waals surface area contributed by atoms with Crippen LogP contribution in [0.5, 0.6) is 0 Å². The van der Waals surface area contributed by atoms with E-state index in [4.69, 9.17) is 4.55 Å². The van der Waals surface area contributed by atoms with Crippen LogP contribution in [-0.4, -0.2) is 48.4 Å². The van der Waals surface area contributed by atoms with Crippen molar-refractivity contribution in [3.8, 4) is 0 Å². The van der Waals surface area contributed by atoms with Gasteiger partial charge in [0.05, 0.1) is 13.5 Å². The molecule has 2 amide bonds. The molecular weight excluding hydrogens is 246 g/mol. The number of carbonyl (C=O) groups is 3. The summed E-state index contributed by atoms with van der Waals surface area (Å²) in [5.74, 6) is -2.39. The number of amides is 2. The van der Waals surface area contributed by atoms with Crippen molar-refractivity contribution < 1.29 is 36.9 Å². The van der Waals surface area contributed by atoms with Gasteiger partial charge >= 0.3 is 6.16 Å². The van der Waals surface area contributed by atoms with Crippen molar-refractivity contribution >= 4 is 28.1 Å². The summed E-state index contributed by atoms with van der Waals surface area (Å²) >= 11 is 0. The number of nitrogens with zero attached hydrogens (tertiary/aromatic N) is 1. The number of rotatable bonds is 2. The van der Waals surface area contributed by atoms with Gasteiger partial charge in [-0.2, -0.15) is 8.42 Å². The first-order valence-corrected chi connectivity index (χ1v) is 5.36. The number of hydrogen-bond acceptors (Lipinski definition) is 7. The maximum Gasteiger partial charge on any atom is 0.533 e. The highest BCUT2D eigenvalue weighted by Crippen LogP contribution is 2.19. The molecule has 90 valence electrons. The van der Waals surface area contributed by atoms with Gasteiger partial charge in [-0.1, -0.05) is 5.06 Å². The fourth-order valence-electron chi connectivity index (χ4n) is 1.02. The number of ether oxygens (including phenoxy) is 1. The Morgan fingerprint density at radius 1 is 1.50 bits per heavy atom. The Balaban J connectivity index is 2.88. The number of methoxy groups -OCH3 is 1. The summed E-state index contributed by atoms with van der Waals surface area (Å²) in [5, 5.41) is -1.99. The Hall–Kier alpha value is -1.68. The zero-order valence-electron chi connectivity index (χ0n) is 7.94. The molecule has 1 fully saturated rings. The van der Waals surface area contributed by atoms with Crippen molar-refractivity contribution in [3.63, 3.8) is 0 Å². The zero-order valence-corrected chi connectivity index (χ0v) is 8.76. The molecule has 0 aliphatic carbocycles. The molecule has 1 unspecified atom stereocenters.